The van der Waals surface area contributed by atoms with Gasteiger partial charge in [-0.05, 0) is 88.5 Å². The van der Waals surface area contributed by atoms with Gasteiger partial charge in [0.15, 0.2) is 11.7 Å². The third-order valence-electron chi connectivity index (χ3n) is 4.32. The van der Waals surface area contributed by atoms with Crippen LogP contribution in [0.4, 0.5) is 5.69 Å². The number of hydrogen-bond donors (Lipinski definition) is 1. The quantitative estimate of drug-likeness (QED) is 0.655. The molecule has 3 aromatic rings. The van der Waals surface area contributed by atoms with Crippen LogP contribution >= 0.6 is 11.5 Å². The second kappa shape index (κ2) is 8.39. The summed E-state index contributed by atoms with van der Waals surface area (Å²) in [6.45, 7) is 11.4. The molecule has 2 heterocycles. The van der Waals surface area contributed by atoms with E-state index in [1.807, 2.05) is 52.8 Å². The molecule has 0 bridgehead atoms. The first kappa shape index (κ1) is 21.7. The van der Waals surface area contributed by atoms with Crippen LogP contribution in [0.15, 0.2) is 40.1 Å². The topological polar surface area (TPSA) is 88.3 Å². The number of nitrogens with one attached hydrogen (secondary N) is 1. The summed E-state index contributed by atoms with van der Waals surface area (Å²) in [5, 5.41) is 8.49. The molecule has 30 heavy (non-hydrogen) atoms. The molecule has 7 nitrogen and oxygen atoms in total. The Labute approximate surface area is 180 Å². The van der Waals surface area contributed by atoms with E-state index in [0.29, 0.717) is 17.2 Å². The van der Waals surface area contributed by atoms with Crippen LogP contribution in [-0.2, 0) is 4.79 Å². The Balaban J connectivity index is 2.19. The Morgan fingerprint density at radius 3 is 2.27 bits per heavy atom. The molecule has 0 aliphatic rings. The van der Waals surface area contributed by atoms with Gasteiger partial charge in [-0.3, -0.25) is 14.5 Å². The second-order valence-electron chi connectivity index (χ2n) is 8.40. The number of nitrogens with zero attached hydrogens (tertiary/aromatic N) is 3. The van der Waals surface area contributed by atoms with Crippen LogP contribution in [0.3, 0.4) is 0 Å². The highest BCUT2D eigenvalue weighted by atomic mass is 32.1. The van der Waals surface area contributed by atoms with Crippen molar-refractivity contribution in [1.29, 1.82) is 0 Å². The molecule has 8 heteroatoms. The first-order chi connectivity index (χ1) is 14.0. The van der Waals surface area contributed by atoms with Crippen LogP contribution in [0.25, 0.3) is 0 Å². The van der Waals surface area contributed by atoms with Crippen molar-refractivity contribution < 1.29 is 14.0 Å². The first-order valence-electron chi connectivity index (χ1n) is 9.62. The number of anilines is 1. The summed E-state index contributed by atoms with van der Waals surface area (Å²) >= 11 is 1.08. The lowest BCUT2D eigenvalue weighted by Gasteiger charge is -2.32. The number of hydrogen-bond acceptors (Lipinski definition) is 6. The molecule has 0 unspecified atom stereocenters. The smallest absolute Gasteiger partial charge is 0.280 e. The van der Waals surface area contributed by atoms with Crippen molar-refractivity contribution in [1.82, 2.24) is 14.9 Å². The summed E-state index contributed by atoms with van der Waals surface area (Å²) in [5.74, 6) is 0.274. The Kier molecular flexibility index (Phi) is 6.07. The number of carbonyl (C=O) groups is 2. The van der Waals surface area contributed by atoms with Crippen LogP contribution in [0.2, 0.25) is 0 Å². The zero-order valence-electron chi connectivity index (χ0n) is 18.0. The minimum Gasteiger partial charge on any atom is -0.464 e. The van der Waals surface area contributed by atoms with Gasteiger partial charge >= 0.3 is 0 Å². The minimum atomic E-state index is -1.01. The maximum Gasteiger partial charge on any atom is 0.280 e. The van der Waals surface area contributed by atoms with E-state index in [0.717, 1.165) is 22.7 Å². The fraction of sp³-hybridized carbons (Fsp3) is 0.364. The van der Waals surface area contributed by atoms with Crippen LogP contribution in [-0.4, -0.2) is 26.9 Å². The maximum absolute atomic E-state index is 13.5. The number of rotatable bonds is 5. The van der Waals surface area contributed by atoms with Gasteiger partial charge in [0.1, 0.15) is 11.5 Å². The van der Waals surface area contributed by atoms with E-state index < -0.39 is 17.5 Å². The molecule has 2 aromatic heterocycles. The highest BCUT2D eigenvalue weighted by Gasteiger charge is 2.38. The maximum atomic E-state index is 13.5. The highest BCUT2D eigenvalue weighted by Crippen LogP contribution is 2.32. The van der Waals surface area contributed by atoms with Crippen molar-refractivity contribution in [2.75, 3.05) is 4.90 Å². The van der Waals surface area contributed by atoms with Crippen molar-refractivity contribution >= 4 is 29.0 Å². The fourth-order valence-electron chi connectivity index (χ4n) is 3.27. The molecule has 0 saturated carbocycles. The van der Waals surface area contributed by atoms with Gasteiger partial charge in [-0.25, -0.2) is 0 Å². The standard InChI is InChI=1S/C22H26N4O3S/c1-13-9-14(2)11-16(10-13)26(21(28)17-12-30-25-24-17)19(18-8-7-15(3)29-18)20(27)23-22(4,5)6/h7-12,19H,1-6H3,(H,23,27)/t19-/m1/s1. The zero-order valence-corrected chi connectivity index (χ0v) is 18.8. The Bertz CT molecular complexity index is 1030. The molecule has 1 aromatic carbocycles. The van der Waals surface area contributed by atoms with Crippen LogP contribution < -0.4 is 10.2 Å². The molecule has 1 N–H and O–H groups in total. The van der Waals surface area contributed by atoms with Crippen LogP contribution in [0.5, 0.6) is 0 Å². The molecular weight excluding hydrogens is 400 g/mol. The predicted molar refractivity (Wildman–Crippen MR) is 117 cm³/mol. The van der Waals surface area contributed by atoms with Gasteiger partial charge in [0, 0.05) is 16.6 Å². The van der Waals surface area contributed by atoms with Crippen LogP contribution in [0, 0.1) is 20.8 Å². The van der Waals surface area contributed by atoms with E-state index in [2.05, 4.69) is 14.9 Å². The van der Waals surface area contributed by atoms with Gasteiger partial charge in [0.25, 0.3) is 11.8 Å². The Morgan fingerprint density at radius 2 is 1.77 bits per heavy atom. The molecule has 0 fully saturated rings. The Hall–Kier alpha value is -3.00. The van der Waals surface area contributed by atoms with E-state index >= 15 is 0 Å². The minimum absolute atomic E-state index is 0.177. The molecule has 2 amide bonds. The van der Waals surface area contributed by atoms with Gasteiger partial charge in [0.2, 0.25) is 0 Å². The number of carbonyl (C=O) groups excluding carboxylic acids is 2. The Morgan fingerprint density at radius 1 is 1.10 bits per heavy atom. The molecule has 0 saturated heterocycles. The molecule has 0 aliphatic carbocycles. The predicted octanol–water partition coefficient (Wildman–Crippen LogP) is 4.36. The van der Waals surface area contributed by atoms with Gasteiger partial charge < -0.3 is 9.73 Å². The molecule has 3 rings (SSSR count). The van der Waals surface area contributed by atoms with Crippen molar-refractivity contribution in [3.05, 3.63) is 64.1 Å². The van der Waals surface area contributed by atoms with Crippen molar-refractivity contribution in [2.45, 2.75) is 53.1 Å². The zero-order chi connectivity index (χ0) is 22.1. The number of amides is 2. The van der Waals surface area contributed by atoms with E-state index in [1.54, 1.807) is 24.4 Å². The normalized spacial score (nSPS) is 12.5. The summed E-state index contributed by atoms with van der Waals surface area (Å²) in [6, 6.07) is 8.26. The average molecular weight is 427 g/mol. The molecule has 0 aliphatic heterocycles. The fourth-order valence-corrected chi connectivity index (χ4v) is 3.70. The van der Waals surface area contributed by atoms with Gasteiger partial charge in [-0.15, -0.1) is 5.10 Å². The second-order valence-corrected chi connectivity index (χ2v) is 9.01. The number of aromatic nitrogens is 2. The molecule has 1 atom stereocenters. The van der Waals surface area contributed by atoms with Crippen LogP contribution in [0.1, 0.15) is 59.9 Å². The van der Waals surface area contributed by atoms with Gasteiger partial charge in [0.05, 0.1) is 0 Å². The first-order valence-corrected chi connectivity index (χ1v) is 10.5. The van der Waals surface area contributed by atoms with Gasteiger partial charge in [-0.2, -0.15) is 0 Å². The molecule has 158 valence electrons. The molecule has 0 radical (unpaired) electrons. The van der Waals surface area contributed by atoms with Crippen molar-refractivity contribution in [3.8, 4) is 0 Å². The van der Waals surface area contributed by atoms with Crippen molar-refractivity contribution in [3.63, 3.8) is 0 Å². The summed E-state index contributed by atoms with van der Waals surface area (Å²) in [4.78, 5) is 28.4. The van der Waals surface area contributed by atoms with E-state index in [9.17, 15) is 9.59 Å². The molecular formula is C22H26N4O3S. The lowest BCUT2D eigenvalue weighted by atomic mass is 10.0. The van der Waals surface area contributed by atoms with E-state index in [1.165, 1.54) is 4.90 Å². The lowest BCUT2D eigenvalue weighted by Crippen LogP contribution is -2.49. The largest absolute Gasteiger partial charge is 0.464 e. The van der Waals surface area contributed by atoms with E-state index in [4.69, 9.17) is 4.42 Å². The molecule has 0 spiro atoms. The third kappa shape index (κ3) is 4.94. The van der Waals surface area contributed by atoms with Crippen molar-refractivity contribution in [2.24, 2.45) is 0 Å². The van der Waals surface area contributed by atoms with E-state index in [-0.39, 0.29) is 11.6 Å². The summed E-state index contributed by atoms with van der Waals surface area (Å²) in [6.07, 6.45) is 0. The van der Waals surface area contributed by atoms with Gasteiger partial charge in [-0.1, -0.05) is 10.6 Å². The summed E-state index contributed by atoms with van der Waals surface area (Å²) < 4.78 is 9.64. The summed E-state index contributed by atoms with van der Waals surface area (Å²) in [7, 11) is 0. The SMILES string of the molecule is Cc1cc(C)cc(N(C(=O)c2csnn2)[C@@H](C(=O)NC(C)(C)C)c2ccc(C)o2)c1. The highest BCUT2D eigenvalue weighted by molar-refractivity contribution is 7.03. The number of aryl methyl sites for hydroxylation is 3. The lowest BCUT2D eigenvalue weighted by molar-refractivity contribution is -0.124. The number of benzene rings is 1. The monoisotopic (exact) mass is 426 g/mol. The average Bonchev–Trinajstić information content (AvgIpc) is 3.28. The summed E-state index contributed by atoms with van der Waals surface area (Å²) in [5.41, 5.74) is 2.23. The third-order valence-corrected chi connectivity index (χ3v) is 4.82. The number of furan rings is 1.